The summed E-state index contributed by atoms with van der Waals surface area (Å²) in [5.74, 6) is 0.309. The number of carbonyl (C=O) groups is 1. The van der Waals surface area contributed by atoms with Gasteiger partial charge in [0.25, 0.3) is 0 Å². The van der Waals surface area contributed by atoms with Crippen LogP contribution in [0, 0.1) is 0 Å². The largest absolute Gasteiger partial charge is 0.472 e. The number of nitrogens with zero attached hydrogens (tertiary/aromatic N) is 4. The first kappa shape index (κ1) is 13.9. The number of urea groups is 1. The smallest absolute Gasteiger partial charge is 0.319 e. The van der Waals surface area contributed by atoms with Crippen molar-refractivity contribution in [1.82, 2.24) is 19.2 Å². The summed E-state index contributed by atoms with van der Waals surface area (Å²) in [6, 6.07) is 6.16. The lowest BCUT2D eigenvalue weighted by Crippen LogP contribution is -2.52. The first-order chi connectivity index (χ1) is 11.1. The molecule has 0 atom stereocenters. The predicted molar refractivity (Wildman–Crippen MR) is 86.3 cm³/mol. The maximum atomic E-state index is 11.9. The van der Waals surface area contributed by atoms with Crippen LogP contribution in [0.2, 0.25) is 0 Å². The van der Waals surface area contributed by atoms with E-state index in [-0.39, 0.29) is 6.03 Å². The van der Waals surface area contributed by atoms with E-state index in [1.807, 2.05) is 21.7 Å². The van der Waals surface area contributed by atoms with Crippen molar-refractivity contribution in [2.75, 3.05) is 27.2 Å². The zero-order valence-electron chi connectivity index (χ0n) is 13.1. The molecule has 0 radical (unpaired) electrons. The van der Waals surface area contributed by atoms with Crippen molar-refractivity contribution in [2.24, 2.45) is 0 Å². The second kappa shape index (κ2) is 5.15. The number of pyridine rings is 1. The Kier molecular flexibility index (Phi) is 3.11. The number of hydrogen-bond donors (Lipinski definition) is 0. The Morgan fingerprint density at radius 1 is 1.26 bits per heavy atom. The highest BCUT2D eigenvalue weighted by atomic mass is 16.3. The molecule has 0 aromatic carbocycles. The highest BCUT2D eigenvalue weighted by Gasteiger charge is 2.34. The number of imidazole rings is 1. The van der Waals surface area contributed by atoms with Crippen molar-refractivity contribution >= 4 is 11.5 Å². The van der Waals surface area contributed by atoms with Gasteiger partial charge in [0.1, 0.15) is 0 Å². The van der Waals surface area contributed by atoms with Gasteiger partial charge in [-0.25, -0.2) is 9.78 Å². The van der Waals surface area contributed by atoms with Crippen molar-refractivity contribution in [3.8, 4) is 11.1 Å². The lowest BCUT2D eigenvalue weighted by Gasteiger charge is -2.39. The van der Waals surface area contributed by atoms with Crippen LogP contribution in [0.4, 0.5) is 4.79 Å². The van der Waals surface area contributed by atoms with E-state index in [4.69, 9.17) is 4.42 Å². The van der Waals surface area contributed by atoms with Gasteiger partial charge >= 0.3 is 6.03 Å². The first-order valence-corrected chi connectivity index (χ1v) is 7.59. The molecule has 6 nitrogen and oxygen atoms in total. The molecule has 1 saturated heterocycles. The van der Waals surface area contributed by atoms with Crippen molar-refractivity contribution in [3.63, 3.8) is 0 Å². The van der Waals surface area contributed by atoms with Gasteiger partial charge in [0.2, 0.25) is 0 Å². The van der Waals surface area contributed by atoms with E-state index < -0.39 is 0 Å². The summed E-state index contributed by atoms with van der Waals surface area (Å²) in [6.07, 6.45) is 7.29. The van der Waals surface area contributed by atoms with E-state index in [9.17, 15) is 4.79 Å². The number of hydrogen-bond acceptors (Lipinski definition) is 3. The maximum Gasteiger partial charge on any atom is 0.319 e. The molecule has 23 heavy (non-hydrogen) atoms. The van der Waals surface area contributed by atoms with E-state index >= 15 is 0 Å². The van der Waals surface area contributed by atoms with Crippen molar-refractivity contribution in [3.05, 3.63) is 48.9 Å². The molecule has 0 N–H and O–H groups in total. The number of aromatic nitrogens is 2. The normalized spacial score (nSPS) is 15.0. The van der Waals surface area contributed by atoms with Gasteiger partial charge in [-0.1, -0.05) is 6.07 Å². The Balaban J connectivity index is 1.57. The van der Waals surface area contributed by atoms with Crippen LogP contribution in [0.25, 0.3) is 16.6 Å². The zero-order valence-corrected chi connectivity index (χ0v) is 13.1. The molecule has 3 aromatic rings. The maximum absolute atomic E-state index is 11.9. The van der Waals surface area contributed by atoms with E-state index in [1.165, 1.54) is 0 Å². The Morgan fingerprint density at radius 3 is 2.78 bits per heavy atom. The van der Waals surface area contributed by atoms with Crippen LogP contribution in [0.5, 0.6) is 0 Å². The summed E-state index contributed by atoms with van der Waals surface area (Å²) in [5, 5.41) is 0. The van der Waals surface area contributed by atoms with Crippen molar-refractivity contribution in [2.45, 2.75) is 5.92 Å². The number of furan rings is 1. The van der Waals surface area contributed by atoms with Crippen molar-refractivity contribution in [1.29, 1.82) is 0 Å². The summed E-state index contributed by atoms with van der Waals surface area (Å²) >= 11 is 0. The molecule has 0 saturated carbocycles. The minimum atomic E-state index is 0.0620. The van der Waals surface area contributed by atoms with Crippen LogP contribution < -0.4 is 0 Å². The van der Waals surface area contributed by atoms with Crippen LogP contribution in [-0.2, 0) is 0 Å². The summed E-state index contributed by atoms with van der Waals surface area (Å²) < 4.78 is 7.17. The van der Waals surface area contributed by atoms with Crippen LogP contribution in [0.1, 0.15) is 11.6 Å². The molecule has 0 spiro atoms. The Labute approximate surface area is 133 Å². The number of carbonyl (C=O) groups excluding carboxylic acids is 1. The molecule has 2 amide bonds. The molecule has 0 aliphatic carbocycles. The first-order valence-electron chi connectivity index (χ1n) is 7.59. The van der Waals surface area contributed by atoms with Crippen LogP contribution in [-0.4, -0.2) is 52.4 Å². The van der Waals surface area contributed by atoms with Crippen LogP contribution in [0.15, 0.2) is 47.7 Å². The third-order valence-corrected chi connectivity index (χ3v) is 4.34. The van der Waals surface area contributed by atoms with E-state index in [0.717, 1.165) is 35.4 Å². The summed E-state index contributed by atoms with van der Waals surface area (Å²) in [7, 11) is 3.55. The standard InChI is InChI=1S/C17H18N4O2/c1-19(2)17(22)20-8-14(9-20)16-15-4-3-12(7-21(15)11-18-16)13-5-6-23-10-13/h3-7,10-11,14H,8-9H2,1-2H3. The van der Waals surface area contributed by atoms with Gasteiger partial charge in [-0.05, 0) is 12.1 Å². The molecular weight excluding hydrogens is 292 g/mol. The highest BCUT2D eigenvalue weighted by Crippen LogP contribution is 2.30. The zero-order chi connectivity index (χ0) is 16.0. The van der Waals surface area contributed by atoms with E-state index in [1.54, 1.807) is 31.5 Å². The topological polar surface area (TPSA) is 54.0 Å². The molecule has 0 bridgehead atoms. The predicted octanol–water partition coefficient (Wildman–Crippen LogP) is 2.68. The average molecular weight is 310 g/mol. The van der Waals surface area contributed by atoms with Gasteiger partial charge in [-0.2, -0.15) is 0 Å². The number of likely N-dealkylation sites (tertiary alicyclic amines) is 1. The van der Waals surface area contributed by atoms with Crippen LogP contribution in [0.3, 0.4) is 0 Å². The lowest BCUT2D eigenvalue weighted by molar-refractivity contribution is 0.127. The highest BCUT2D eigenvalue weighted by molar-refractivity contribution is 5.75. The van der Waals surface area contributed by atoms with Gasteiger partial charge in [-0.3, -0.25) is 0 Å². The molecule has 1 aliphatic heterocycles. The molecule has 0 unspecified atom stereocenters. The second-order valence-electron chi connectivity index (χ2n) is 6.13. The average Bonchev–Trinajstić information content (AvgIpc) is 3.14. The van der Waals surface area contributed by atoms with Gasteiger partial charge in [0, 0.05) is 50.4 Å². The lowest BCUT2D eigenvalue weighted by atomic mass is 9.95. The van der Waals surface area contributed by atoms with Crippen LogP contribution >= 0.6 is 0 Å². The Bertz CT molecular complexity index is 845. The number of amides is 2. The number of rotatable bonds is 2. The summed E-state index contributed by atoms with van der Waals surface area (Å²) in [5.41, 5.74) is 4.30. The summed E-state index contributed by atoms with van der Waals surface area (Å²) in [6.45, 7) is 1.46. The molecule has 4 heterocycles. The molecule has 4 rings (SSSR count). The van der Waals surface area contributed by atoms with Gasteiger partial charge in [0.05, 0.1) is 30.1 Å². The van der Waals surface area contributed by atoms with Gasteiger partial charge in [-0.15, -0.1) is 0 Å². The monoisotopic (exact) mass is 310 g/mol. The molecule has 3 aromatic heterocycles. The van der Waals surface area contributed by atoms with Gasteiger partial charge in [0.15, 0.2) is 0 Å². The molecule has 1 aliphatic rings. The summed E-state index contributed by atoms with van der Waals surface area (Å²) in [4.78, 5) is 19.9. The molecular formula is C17H18N4O2. The Hall–Kier alpha value is -2.76. The number of fused-ring (bicyclic) bond motifs is 1. The second-order valence-corrected chi connectivity index (χ2v) is 6.13. The van der Waals surface area contributed by atoms with Crippen molar-refractivity contribution < 1.29 is 9.21 Å². The molecule has 118 valence electrons. The van der Waals surface area contributed by atoms with E-state index in [0.29, 0.717) is 5.92 Å². The minimum absolute atomic E-state index is 0.0620. The fourth-order valence-electron chi connectivity index (χ4n) is 3.03. The van der Waals surface area contributed by atoms with E-state index in [2.05, 4.69) is 23.3 Å². The quantitative estimate of drug-likeness (QED) is 0.731. The molecule has 1 fully saturated rings. The third-order valence-electron chi connectivity index (χ3n) is 4.34. The minimum Gasteiger partial charge on any atom is -0.472 e. The SMILES string of the molecule is CN(C)C(=O)N1CC(c2ncn3cc(-c4ccoc4)ccc23)C1. The Morgan fingerprint density at radius 2 is 2.09 bits per heavy atom. The third kappa shape index (κ3) is 2.27. The molecule has 6 heteroatoms. The fraction of sp³-hybridized carbons (Fsp3) is 0.294. The van der Waals surface area contributed by atoms with Gasteiger partial charge < -0.3 is 18.6 Å². The fourth-order valence-corrected chi connectivity index (χ4v) is 3.03.